The van der Waals surface area contributed by atoms with Crippen LogP contribution in [0.25, 0.3) is 5.69 Å². The van der Waals surface area contributed by atoms with Gasteiger partial charge < -0.3 is 10.6 Å². The average Bonchev–Trinajstić information content (AvgIpc) is 3.15. The van der Waals surface area contributed by atoms with Gasteiger partial charge in [0.1, 0.15) is 18.5 Å². The first-order valence-electron chi connectivity index (χ1n) is 8.77. The molecule has 10 heteroatoms. The molecular weight excluding hydrogens is 394 g/mol. The van der Waals surface area contributed by atoms with Crippen molar-refractivity contribution in [3.8, 4) is 5.69 Å². The van der Waals surface area contributed by atoms with Gasteiger partial charge in [0.25, 0.3) is 0 Å². The van der Waals surface area contributed by atoms with E-state index in [0.717, 1.165) is 5.69 Å². The van der Waals surface area contributed by atoms with E-state index < -0.39 is 0 Å². The Balaban J connectivity index is 1.58. The first-order valence-corrected chi connectivity index (χ1v) is 9.15. The zero-order valence-corrected chi connectivity index (χ0v) is 16.7. The number of nitrogens with one attached hydrogen (secondary N) is 2. The van der Waals surface area contributed by atoms with Crippen LogP contribution in [0.3, 0.4) is 0 Å². The van der Waals surface area contributed by atoms with Gasteiger partial charge in [-0.15, -0.1) is 0 Å². The van der Waals surface area contributed by atoms with E-state index in [4.69, 9.17) is 11.6 Å². The first-order chi connectivity index (χ1) is 13.9. The number of halogens is 1. The van der Waals surface area contributed by atoms with E-state index in [-0.39, 0.29) is 24.9 Å². The van der Waals surface area contributed by atoms with Crippen LogP contribution in [0.1, 0.15) is 5.69 Å². The van der Waals surface area contributed by atoms with Crippen LogP contribution in [0.2, 0.25) is 5.02 Å². The normalized spacial score (nSPS) is 10.8. The number of nitrogens with zero attached hydrogens (tertiary/aromatic N) is 5. The van der Waals surface area contributed by atoms with Crippen molar-refractivity contribution in [3.63, 3.8) is 0 Å². The largest absolute Gasteiger partial charge is 0.323 e. The fourth-order valence-corrected chi connectivity index (χ4v) is 2.84. The van der Waals surface area contributed by atoms with Gasteiger partial charge in [-0.1, -0.05) is 17.7 Å². The molecule has 0 aliphatic rings. The number of amides is 2. The third kappa shape index (κ3) is 5.84. The molecule has 2 heterocycles. The maximum absolute atomic E-state index is 12.5. The van der Waals surface area contributed by atoms with Gasteiger partial charge in [0.05, 0.1) is 24.5 Å². The molecular formula is C19H20ClN7O2. The number of aromatic nitrogens is 4. The monoisotopic (exact) mass is 413 g/mol. The van der Waals surface area contributed by atoms with Crippen LogP contribution >= 0.6 is 11.6 Å². The van der Waals surface area contributed by atoms with Gasteiger partial charge in [-0.3, -0.25) is 14.5 Å². The van der Waals surface area contributed by atoms with Gasteiger partial charge >= 0.3 is 0 Å². The predicted molar refractivity (Wildman–Crippen MR) is 110 cm³/mol. The lowest BCUT2D eigenvalue weighted by molar-refractivity contribution is -0.119. The smallest absolute Gasteiger partial charge is 0.239 e. The molecule has 9 nitrogen and oxygen atoms in total. The van der Waals surface area contributed by atoms with Crippen molar-refractivity contribution >= 4 is 34.9 Å². The van der Waals surface area contributed by atoms with Crippen LogP contribution in [0.15, 0.2) is 49.1 Å². The number of pyridine rings is 1. The first kappa shape index (κ1) is 20.4. The molecule has 3 rings (SSSR count). The Kier molecular flexibility index (Phi) is 6.53. The molecule has 0 aliphatic heterocycles. The fraction of sp³-hybridized carbons (Fsp3) is 0.211. The summed E-state index contributed by atoms with van der Waals surface area (Å²) in [6.45, 7) is 1.89. The Morgan fingerprint density at radius 1 is 1.14 bits per heavy atom. The minimum absolute atomic E-state index is 0.0119. The third-order valence-electron chi connectivity index (χ3n) is 3.88. The number of likely N-dealkylation sites (N-methyl/N-ethyl adjacent to an activating group) is 1. The second kappa shape index (κ2) is 9.26. The molecule has 29 heavy (non-hydrogen) atoms. The van der Waals surface area contributed by atoms with Gasteiger partial charge in [0.15, 0.2) is 0 Å². The van der Waals surface area contributed by atoms with Crippen molar-refractivity contribution in [1.82, 2.24) is 24.6 Å². The molecule has 0 atom stereocenters. The van der Waals surface area contributed by atoms with Crippen molar-refractivity contribution in [3.05, 3.63) is 59.8 Å². The third-order valence-corrected chi connectivity index (χ3v) is 4.12. The lowest BCUT2D eigenvalue weighted by Crippen LogP contribution is -2.36. The van der Waals surface area contributed by atoms with Crippen molar-refractivity contribution < 1.29 is 9.59 Å². The summed E-state index contributed by atoms with van der Waals surface area (Å²) in [5, 5.41) is 10.1. The number of carbonyl (C=O) groups excluding carboxylic acids is 2. The molecule has 0 spiro atoms. The number of aryl methyl sites for hydroxylation is 1. The minimum atomic E-state index is -0.294. The molecule has 150 valence electrons. The number of anilines is 2. The van der Waals surface area contributed by atoms with Gasteiger partial charge in [-0.25, -0.2) is 14.6 Å². The summed E-state index contributed by atoms with van der Waals surface area (Å²) in [4.78, 5) is 34.4. The van der Waals surface area contributed by atoms with E-state index in [1.54, 1.807) is 36.2 Å². The standard InChI is InChI=1S/C19H20ClN7O2/c1-13-4-3-5-17(23-13)25-19(29)10-26(2)9-18(28)24-15-8-14(20)6-7-16(15)27-12-21-11-22-27/h3-8,11-12H,9-10H2,1-2H3,(H,24,28)(H,23,25,29). The molecule has 0 fully saturated rings. The van der Waals surface area contributed by atoms with Crippen LogP contribution in [-0.2, 0) is 9.59 Å². The molecule has 0 unspecified atom stereocenters. The highest BCUT2D eigenvalue weighted by Crippen LogP contribution is 2.23. The Morgan fingerprint density at radius 3 is 2.59 bits per heavy atom. The summed E-state index contributed by atoms with van der Waals surface area (Å²) in [6, 6.07) is 10.4. The van der Waals surface area contributed by atoms with Crippen molar-refractivity contribution in [2.24, 2.45) is 0 Å². The van der Waals surface area contributed by atoms with E-state index in [9.17, 15) is 9.59 Å². The average molecular weight is 414 g/mol. The lowest BCUT2D eigenvalue weighted by Gasteiger charge is -2.17. The Bertz CT molecular complexity index is 1010. The SMILES string of the molecule is Cc1cccc(NC(=O)CN(C)CC(=O)Nc2cc(Cl)ccc2-n2cncn2)n1. The zero-order chi connectivity index (χ0) is 20.8. The molecule has 0 radical (unpaired) electrons. The summed E-state index contributed by atoms with van der Waals surface area (Å²) < 4.78 is 1.53. The number of hydrogen-bond donors (Lipinski definition) is 2. The molecule has 3 aromatic rings. The highest BCUT2D eigenvalue weighted by atomic mass is 35.5. The van der Waals surface area contributed by atoms with E-state index in [1.807, 2.05) is 19.1 Å². The maximum atomic E-state index is 12.5. The summed E-state index contributed by atoms with van der Waals surface area (Å²) in [5.74, 6) is -0.0775. The number of rotatable bonds is 7. The van der Waals surface area contributed by atoms with Crippen LogP contribution < -0.4 is 10.6 Å². The Morgan fingerprint density at radius 2 is 1.90 bits per heavy atom. The molecule has 0 bridgehead atoms. The molecule has 0 saturated carbocycles. The van der Waals surface area contributed by atoms with Crippen LogP contribution in [-0.4, -0.2) is 56.6 Å². The van der Waals surface area contributed by atoms with E-state index in [1.165, 1.54) is 17.3 Å². The topological polar surface area (TPSA) is 105 Å². The van der Waals surface area contributed by atoms with E-state index >= 15 is 0 Å². The molecule has 0 saturated heterocycles. The number of hydrogen-bond acceptors (Lipinski definition) is 6. The van der Waals surface area contributed by atoms with Gasteiger partial charge in [0, 0.05) is 10.7 Å². The number of carbonyl (C=O) groups is 2. The van der Waals surface area contributed by atoms with Crippen LogP contribution in [0.5, 0.6) is 0 Å². The fourth-order valence-electron chi connectivity index (χ4n) is 2.67. The summed E-state index contributed by atoms with van der Waals surface area (Å²) >= 11 is 6.06. The van der Waals surface area contributed by atoms with E-state index in [0.29, 0.717) is 22.2 Å². The van der Waals surface area contributed by atoms with Crippen molar-refractivity contribution in [2.45, 2.75) is 6.92 Å². The highest BCUT2D eigenvalue weighted by molar-refractivity contribution is 6.31. The van der Waals surface area contributed by atoms with Crippen molar-refractivity contribution in [1.29, 1.82) is 0 Å². The van der Waals surface area contributed by atoms with Crippen LogP contribution in [0.4, 0.5) is 11.5 Å². The lowest BCUT2D eigenvalue weighted by atomic mass is 10.2. The highest BCUT2D eigenvalue weighted by Gasteiger charge is 2.14. The van der Waals surface area contributed by atoms with Crippen molar-refractivity contribution in [2.75, 3.05) is 30.8 Å². The van der Waals surface area contributed by atoms with Gasteiger partial charge in [0.2, 0.25) is 11.8 Å². The Labute approximate surface area is 172 Å². The molecule has 2 N–H and O–H groups in total. The second-order valence-electron chi connectivity index (χ2n) is 6.43. The zero-order valence-electron chi connectivity index (χ0n) is 16.0. The predicted octanol–water partition coefficient (Wildman–Crippen LogP) is 2.13. The summed E-state index contributed by atoms with van der Waals surface area (Å²) in [7, 11) is 1.68. The quantitative estimate of drug-likeness (QED) is 0.614. The van der Waals surface area contributed by atoms with Gasteiger partial charge in [-0.05, 0) is 44.3 Å². The molecule has 2 amide bonds. The maximum Gasteiger partial charge on any atom is 0.239 e. The van der Waals surface area contributed by atoms with E-state index in [2.05, 4.69) is 25.7 Å². The van der Waals surface area contributed by atoms with Gasteiger partial charge in [-0.2, -0.15) is 5.10 Å². The summed E-state index contributed by atoms with van der Waals surface area (Å²) in [5.41, 5.74) is 1.93. The number of benzene rings is 1. The Hall–Kier alpha value is -3.30. The minimum Gasteiger partial charge on any atom is -0.323 e. The molecule has 0 aliphatic carbocycles. The second-order valence-corrected chi connectivity index (χ2v) is 6.87. The summed E-state index contributed by atoms with van der Waals surface area (Å²) in [6.07, 6.45) is 2.92. The molecule has 1 aromatic carbocycles. The van der Waals surface area contributed by atoms with Crippen LogP contribution in [0, 0.1) is 6.92 Å². The molecule has 2 aromatic heterocycles.